The van der Waals surface area contributed by atoms with Gasteiger partial charge in [-0.1, -0.05) is 18.2 Å². The highest BCUT2D eigenvalue weighted by molar-refractivity contribution is 6.51. The summed E-state index contributed by atoms with van der Waals surface area (Å²) < 4.78 is 7.23. The molecule has 2 aromatic heterocycles. The van der Waals surface area contributed by atoms with Gasteiger partial charge in [0.15, 0.2) is 11.2 Å². The highest BCUT2D eigenvalue weighted by Gasteiger charge is 2.52. The number of fused-ring (bicyclic) bond motifs is 1. The van der Waals surface area contributed by atoms with Crippen LogP contribution in [-0.4, -0.2) is 37.0 Å². The summed E-state index contributed by atoms with van der Waals surface area (Å²) in [5.41, 5.74) is 0.905. The van der Waals surface area contributed by atoms with E-state index in [-0.39, 0.29) is 11.8 Å². The lowest BCUT2D eigenvalue weighted by atomic mass is 10.1. The second-order valence-corrected chi connectivity index (χ2v) is 9.65. The first-order valence-electron chi connectivity index (χ1n) is 10.00. The van der Waals surface area contributed by atoms with E-state index < -0.39 is 9.93 Å². The van der Waals surface area contributed by atoms with Gasteiger partial charge in [-0.05, 0) is 56.5 Å². The zero-order valence-electron chi connectivity index (χ0n) is 16.9. The molecule has 0 spiro atoms. The number of pyridine rings is 1. The molecule has 1 aromatic carbocycles. The Hall–Kier alpha value is -2.31. The second-order valence-electron chi connectivity index (χ2n) is 8.10. The average Bonchev–Trinajstić information content (AvgIpc) is 3.17. The molecule has 1 amide bonds. The van der Waals surface area contributed by atoms with E-state index >= 15 is 0 Å². The van der Waals surface area contributed by atoms with Gasteiger partial charge in [-0.3, -0.25) is 9.20 Å². The summed E-state index contributed by atoms with van der Waals surface area (Å²) in [5.74, 6) is 1.50. The van der Waals surface area contributed by atoms with Gasteiger partial charge in [0.05, 0.1) is 0 Å². The van der Waals surface area contributed by atoms with Crippen LogP contribution in [0.1, 0.15) is 44.0 Å². The Morgan fingerprint density at radius 1 is 1.23 bits per heavy atom. The lowest BCUT2D eigenvalue weighted by Gasteiger charge is -2.25. The summed E-state index contributed by atoms with van der Waals surface area (Å²) in [6.07, 6.45) is 4.17. The lowest BCUT2D eigenvalue weighted by Crippen LogP contribution is -2.46. The van der Waals surface area contributed by atoms with E-state index in [1.165, 1.54) is 0 Å². The molecule has 1 N–H and O–H groups in total. The Balaban J connectivity index is 1.26. The van der Waals surface area contributed by atoms with E-state index in [1.54, 1.807) is 13.8 Å². The van der Waals surface area contributed by atoms with Crippen molar-refractivity contribution in [2.75, 3.05) is 6.54 Å². The zero-order valence-corrected chi connectivity index (χ0v) is 18.5. The highest BCUT2D eigenvalue weighted by Crippen LogP contribution is 2.59. The Labute approximate surface area is 185 Å². The molecule has 0 bridgehead atoms. The molecule has 4 rings (SSSR count). The van der Waals surface area contributed by atoms with Gasteiger partial charge in [0.2, 0.25) is 0 Å². The Morgan fingerprint density at radius 3 is 2.67 bits per heavy atom. The number of aromatic nitrogens is 3. The second kappa shape index (κ2) is 8.08. The summed E-state index contributed by atoms with van der Waals surface area (Å²) >= 11 is 12.2. The average molecular weight is 447 g/mol. The van der Waals surface area contributed by atoms with Crippen molar-refractivity contribution in [3.05, 3.63) is 60.0 Å². The molecule has 1 atom stereocenters. The third-order valence-corrected chi connectivity index (χ3v) is 6.11. The lowest BCUT2D eigenvalue weighted by molar-refractivity contribution is -0.134. The number of amides is 1. The first-order chi connectivity index (χ1) is 14.3. The molecule has 1 aliphatic carbocycles. The topological polar surface area (TPSA) is 68.5 Å². The van der Waals surface area contributed by atoms with Gasteiger partial charge >= 0.3 is 0 Å². The van der Waals surface area contributed by atoms with E-state index in [4.69, 9.17) is 27.9 Å². The van der Waals surface area contributed by atoms with Crippen LogP contribution >= 0.6 is 23.2 Å². The molecule has 0 aliphatic heterocycles. The van der Waals surface area contributed by atoms with E-state index in [2.05, 4.69) is 15.5 Å². The number of alkyl halides is 2. The molecule has 3 aromatic rings. The quantitative estimate of drug-likeness (QED) is 0.413. The minimum atomic E-state index is -0.995. The van der Waals surface area contributed by atoms with Gasteiger partial charge in [0.1, 0.15) is 15.9 Å². The van der Waals surface area contributed by atoms with Crippen molar-refractivity contribution in [1.29, 1.82) is 0 Å². The normalized spacial score (nSPS) is 17.7. The van der Waals surface area contributed by atoms with Crippen molar-refractivity contribution in [2.45, 2.75) is 49.0 Å². The standard InChI is InChI=1S/C22H24Cl2N4O2/c1-21(2,30-16-10-8-15(9-11-16)17-14-22(17,23)24)20(29)25-12-5-7-19-27-26-18-6-3-4-13-28(18)19/h3-4,6,8-11,13,17H,5,7,12,14H2,1-2H3,(H,25,29)/t17-/m1/s1. The van der Waals surface area contributed by atoms with Crippen molar-refractivity contribution in [3.63, 3.8) is 0 Å². The smallest absolute Gasteiger partial charge is 0.263 e. The van der Waals surface area contributed by atoms with Gasteiger partial charge in [0, 0.05) is 25.1 Å². The fourth-order valence-electron chi connectivity index (χ4n) is 3.41. The first-order valence-corrected chi connectivity index (χ1v) is 10.8. The minimum Gasteiger partial charge on any atom is -0.478 e. The van der Waals surface area contributed by atoms with Crippen LogP contribution < -0.4 is 10.1 Å². The van der Waals surface area contributed by atoms with Crippen molar-refractivity contribution >= 4 is 34.8 Å². The number of halogens is 2. The minimum absolute atomic E-state index is 0.161. The third kappa shape index (κ3) is 4.55. The van der Waals surface area contributed by atoms with E-state index in [0.717, 1.165) is 36.3 Å². The molecule has 0 saturated heterocycles. The number of carbonyl (C=O) groups excluding carboxylic acids is 1. The van der Waals surface area contributed by atoms with Crippen molar-refractivity contribution in [1.82, 2.24) is 19.9 Å². The molecule has 1 saturated carbocycles. The number of rotatable bonds is 8. The molecule has 1 aliphatic rings. The molecular formula is C22H24Cl2N4O2. The fourth-order valence-corrected chi connectivity index (χ4v) is 3.97. The van der Waals surface area contributed by atoms with Crippen LogP contribution in [-0.2, 0) is 11.2 Å². The summed E-state index contributed by atoms with van der Waals surface area (Å²) in [5, 5.41) is 11.3. The van der Waals surface area contributed by atoms with Gasteiger partial charge in [-0.25, -0.2) is 0 Å². The molecule has 6 nitrogen and oxygen atoms in total. The zero-order chi connectivity index (χ0) is 21.4. The number of carbonyl (C=O) groups is 1. The van der Waals surface area contributed by atoms with Crippen LogP contribution in [0.2, 0.25) is 0 Å². The summed E-state index contributed by atoms with van der Waals surface area (Å²) in [6, 6.07) is 13.4. The molecule has 1 fully saturated rings. The largest absolute Gasteiger partial charge is 0.478 e. The first kappa shape index (κ1) is 20.9. The number of hydrogen-bond acceptors (Lipinski definition) is 4. The predicted octanol–water partition coefficient (Wildman–Crippen LogP) is 4.30. The molecule has 158 valence electrons. The van der Waals surface area contributed by atoms with Crippen LogP contribution in [0.25, 0.3) is 5.65 Å². The maximum atomic E-state index is 12.6. The number of aryl methyl sites for hydroxylation is 1. The van der Waals surface area contributed by atoms with Gasteiger partial charge in [-0.15, -0.1) is 33.4 Å². The maximum absolute atomic E-state index is 12.6. The number of benzene rings is 1. The fraction of sp³-hybridized carbons (Fsp3) is 0.409. The van der Waals surface area contributed by atoms with Crippen LogP contribution in [0, 0.1) is 0 Å². The third-order valence-electron chi connectivity index (χ3n) is 5.28. The summed E-state index contributed by atoms with van der Waals surface area (Å²) in [6.45, 7) is 4.04. The van der Waals surface area contributed by atoms with E-state index in [0.29, 0.717) is 12.3 Å². The number of nitrogens with one attached hydrogen (secondary N) is 1. The maximum Gasteiger partial charge on any atom is 0.263 e. The SMILES string of the molecule is CC(C)(Oc1ccc([C@H]2CC2(Cl)Cl)cc1)C(=O)NCCCc1nnc2ccccn12. The highest BCUT2D eigenvalue weighted by atomic mass is 35.5. The molecule has 8 heteroatoms. The number of hydrogen-bond donors (Lipinski definition) is 1. The van der Waals surface area contributed by atoms with Gasteiger partial charge < -0.3 is 10.1 Å². The van der Waals surface area contributed by atoms with Crippen molar-refractivity contribution in [2.24, 2.45) is 0 Å². The van der Waals surface area contributed by atoms with Crippen LogP contribution in [0.15, 0.2) is 48.7 Å². The van der Waals surface area contributed by atoms with Gasteiger partial charge in [-0.2, -0.15) is 0 Å². The molecular weight excluding hydrogens is 423 g/mol. The molecule has 2 heterocycles. The molecule has 0 unspecified atom stereocenters. The summed E-state index contributed by atoms with van der Waals surface area (Å²) in [7, 11) is 0. The van der Waals surface area contributed by atoms with Crippen molar-refractivity contribution in [3.8, 4) is 5.75 Å². The van der Waals surface area contributed by atoms with Gasteiger partial charge in [0.25, 0.3) is 5.91 Å². The van der Waals surface area contributed by atoms with Crippen LogP contribution in [0.5, 0.6) is 5.75 Å². The van der Waals surface area contributed by atoms with Crippen molar-refractivity contribution < 1.29 is 9.53 Å². The van der Waals surface area contributed by atoms with Crippen LogP contribution in [0.4, 0.5) is 0 Å². The molecule has 30 heavy (non-hydrogen) atoms. The predicted molar refractivity (Wildman–Crippen MR) is 117 cm³/mol. The van der Waals surface area contributed by atoms with Crippen LogP contribution in [0.3, 0.4) is 0 Å². The monoisotopic (exact) mass is 446 g/mol. The Kier molecular flexibility index (Phi) is 5.64. The number of nitrogens with zero attached hydrogens (tertiary/aromatic N) is 3. The molecule has 0 radical (unpaired) electrons. The summed E-state index contributed by atoms with van der Waals surface area (Å²) in [4.78, 5) is 12.6. The Bertz CT molecular complexity index is 1050. The van der Waals surface area contributed by atoms with E-state index in [1.807, 2.05) is 53.1 Å². The Morgan fingerprint density at radius 2 is 1.97 bits per heavy atom. The van der Waals surface area contributed by atoms with E-state index in [9.17, 15) is 4.79 Å². The number of ether oxygens (including phenoxy) is 1.